The molecule has 0 aromatic heterocycles. The van der Waals surface area contributed by atoms with E-state index in [0.29, 0.717) is 12.5 Å². The average molecular weight is 194 g/mol. The first-order valence-electron chi connectivity index (χ1n) is 4.98. The Bertz CT molecular complexity index is 238. The van der Waals surface area contributed by atoms with Gasteiger partial charge in [-0.25, -0.2) is 0 Å². The predicted molar refractivity (Wildman–Crippen MR) is 57.9 cm³/mol. The second-order valence-electron chi connectivity index (χ2n) is 3.31. The van der Waals surface area contributed by atoms with E-state index >= 15 is 0 Å². The van der Waals surface area contributed by atoms with Crippen LogP contribution >= 0.6 is 0 Å². The van der Waals surface area contributed by atoms with Gasteiger partial charge in [0.15, 0.2) is 0 Å². The third-order valence-electron chi connectivity index (χ3n) is 2.21. The lowest BCUT2D eigenvalue weighted by Gasteiger charge is -2.14. The molecule has 0 saturated heterocycles. The van der Waals surface area contributed by atoms with Gasteiger partial charge in [0.1, 0.15) is 5.75 Å². The number of hydrogen-bond acceptors (Lipinski definition) is 3. The van der Waals surface area contributed by atoms with Gasteiger partial charge in [0, 0.05) is 12.5 Å². The highest BCUT2D eigenvalue weighted by molar-refractivity contribution is 5.20. The Morgan fingerprint density at radius 3 is 2.64 bits per heavy atom. The van der Waals surface area contributed by atoms with Crippen LogP contribution in [-0.2, 0) is 0 Å². The number of benzene rings is 1. The van der Waals surface area contributed by atoms with E-state index in [1.54, 1.807) is 0 Å². The van der Waals surface area contributed by atoms with Crippen LogP contribution in [0.25, 0.3) is 0 Å². The number of hydrogen-bond donors (Lipinski definition) is 2. The smallest absolute Gasteiger partial charge is 0.119 e. The van der Waals surface area contributed by atoms with Crippen LogP contribution in [0.3, 0.4) is 0 Å². The summed E-state index contributed by atoms with van der Waals surface area (Å²) in [7, 11) is 0. The molecule has 1 aromatic carbocycles. The Balaban J connectivity index is 2.32. The molecule has 0 saturated carbocycles. The highest BCUT2D eigenvalue weighted by Crippen LogP contribution is 2.10. The number of ether oxygens (including phenoxy) is 1. The summed E-state index contributed by atoms with van der Waals surface area (Å²) in [5.74, 6) is 6.66. The zero-order valence-corrected chi connectivity index (χ0v) is 8.57. The second kappa shape index (κ2) is 6.40. The minimum Gasteiger partial charge on any atom is -0.493 e. The first kappa shape index (κ1) is 11.0. The maximum Gasteiger partial charge on any atom is 0.119 e. The molecule has 0 fully saturated rings. The zero-order valence-electron chi connectivity index (χ0n) is 8.57. The van der Waals surface area contributed by atoms with Crippen LogP contribution in [-0.4, -0.2) is 13.2 Å². The largest absolute Gasteiger partial charge is 0.493 e. The summed E-state index contributed by atoms with van der Waals surface area (Å²) in [6, 6.07) is 9.84. The van der Waals surface area contributed by atoms with Crippen molar-refractivity contribution in [2.75, 3.05) is 13.2 Å². The van der Waals surface area contributed by atoms with Gasteiger partial charge in [-0.05, 0) is 18.6 Å². The molecule has 1 aromatic rings. The molecule has 0 aliphatic rings. The molecule has 3 nitrogen and oxygen atoms in total. The second-order valence-corrected chi connectivity index (χ2v) is 3.31. The summed E-state index contributed by atoms with van der Waals surface area (Å²) in [4.78, 5) is 0. The molecule has 3 heteroatoms. The lowest BCUT2D eigenvalue weighted by atomic mass is 10.1. The summed E-state index contributed by atoms with van der Waals surface area (Å²) < 4.78 is 5.62. The lowest BCUT2D eigenvalue weighted by Crippen LogP contribution is -2.31. The highest BCUT2D eigenvalue weighted by atomic mass is 16.5. The Kier molecular flexibility index (Phi) is 5.04. The van der Waals surface area contributed by atoms with E-state index in [4.69, 9.17) is 10.6 Å². The number of para-hydroxylation sites is 1. The van der Waals surface area contributed by atoms with E-state index in [1.165, 1.54) is 0 Å². The van der Waals surface area contributed by atoms with Gasteiger partial charge in [-0.1, -0.05) is 25.1 Å². The number of nitrogens with two attached hydrogens (primary N) is 1. The van der Waals surface area contributed by atoms with Crippen LogP contribution in [0.15, 0.2) is 30.3 Å². The molecule has 0 radical (unpaired) electrons. The third kappa shape index (κ3) is 3.77. The maximum atomic E-state index is 5.62. The maximum absolute atomic E-state index is 5.62. The summed E-state index contributed by atoms with van der Waals surface area (Å²) in [5.41, 5.74) is 2.67. The molecule has 1 unspecified atom stereocenters. The molecule has 78 valence electrons. The van der Waals surface area contributed by atoms with Crippen molar-refractivity contribution in [3.8, 4) is 5.75 Å². The van der Waals surface area contributed by atoms with Crippen LogP contribution in [0, 0.1) is 5.92 Å². The minimum atomic E-state index is 0.472. The van der Waals surface area contributed by atoms with Gasteiger partial charge >= 0.3 is 0 Å². The van der Waals surface area contributed by atoms with Gasteiger partial charge in [0.05, 0.1) is 6.61 Å². The van der Waals surface area contributed by atoms with Crippen molar-refractivity contribution in [3.63, 3.8) is 0 Å². The Hall–Kier alpha value is -1.06. The predicted octanol–water partition coefficient (Wildman–Crippen LogP) is 1.55. The van der Waals surface area contributed by atoms with Crippen molar-refractivity contribution < 1.29 is 4.74 Å². The number of nitrogens with one attached hydrogen (secondary N) is 1. The minimum absolute atomic E-state index is 0.472. The molecule has 1 rings (SSSR count). The molecule has 14 heavy (non-hydrogen) atoms. The van der Waals surface area contributed by atoms with Crippen molar-refractivity contribution in [2.45, 2.75) is 13.3 Å². The summed E-state index contributed by atoms with van der Waals surface area (Å²) >= 11 is 0. The van der Waals surface area contributed by atoms with Gasteiger partial charge in [-0.15, -0.1) is 0 Å². The summed E-state index contributed by atoms with van der Waals surface area (Å²) in [6.45, 7) is 3.64. The first-order chi connectivity index (χ1) is 6.86. The third-order valence-corrected chi connectivity index (χ3v) is 2.21. The monoisotopic (exact) mass is 194 g/mol. The van der Waals surface area contributed by atoms with E-state index < -0.39 is 0 Å². The van der Waals surface area contributed by atoms with Crippen LogP contribution < -0.4 is 16.0 Å². The SMILES string of the molecule is CCC(CNN)COc1ccccc1. The van der Waals surface area contributed by atoms with Gasteiger partial charge in [0.2, 0.25) is 0 Å². The lowest BCUT2D eigenvalue weighted by molar-refractivity contribution is 0.240. The molecular weight excluding hydrogens is 176 g/mol. The Morgan fingerprint density at radius 1 is 1.36 bits per heavy atom. The van der Waals surface area contributed by atoms with E-state index in [0.717, 1.165) is 18.7 Å². The van der Waals surface area contributed by atoms with Crippen molar-refractivity contribution in [2.24, 2.45) is 11.8 Å². The molecule has 0 bridgehead atoms. The first-order valence-corrected chi connectivity index (χ1v) is 4.98. The van der Waals surface area contributed by atoms with Crippen LogP contribution in [0.1, 0.15) is 13.3 Å². The van der Waals surface area contributed by atoms with E-state index in [1.807, 2.05) is 30.3 Å². The molecule has 0 heterocycles. The fourth-order valence-electron chi connectivity index (χ4n) is 1.22. The molecule has 0 aliphatic carbocycles. The Labute approximate surface area is 85.2 Å². The van der Waals surface area contributed by atoms with Crippen molar-refractivity contribution in [3.05, 3.63) is 30.3 Å². The molecule has 3 N–H and O–H groups in total. The van der Waals surface area contributed by atoms with Crippen LogP contribution in [0.4, 0.5) is 0 Å². The molecule has 0 spiro atoms. The number of hydrazine groups is 1. The van der Waals surface area contributed by atoms with E-state index in [9.17, 15) is 0 Å². The zero-order chi connectivity index (χ0) is 10.2. The van der Waals surface area contributed by atoms with Crippen molar-refractivity contribution in [1.29, 1.82) is 0 Å². The molecule has 0 aliphatic heterocycles. The molecular formula is C11H18N2O. The van der Waals surface area contributed by atoms with Gasteiger partial charge in [0.25, 0.3) is 0 Å². The normalized spacial score (nSPS) is 12.4. The van der Waals surface area contributed by atoms with Crippen LogP contribution in [0.2, 0.25) is 0 Å². The van der Waals surface area contributed by atoms with E-state index in [-0.39, 0.29) is 0 Å². The average Bonchev–Trinajstić information content (AvgIpc) is 2.25. The van der Waals surface area contributed by atoms with Crippen LogP contribution in [0.5, 0.6) is 5.75 Å². The number of rotatable bonds is 6. The topological polar surface area (TPSA) is 47.3 Å². The standard InChI is InChI=1S/C11H18N2O/c1-2-10(8-13-12)9-14-11-6-4-3-5-7-11/h3-7,10,13H,2,8-9,12H2,1H3. The molecule has 0 amide bonds. The Morgan fingerprint density at radius 2 is 2.07 bits per heavy atom. The highest BCUT2D eigenvalue weighted by Gasteiger charge is 2.05. The van der Waals surface area contributed by atoms with Crippen molar-refractivity contribution in [1.82, 2.24) is 5.43 Å². The summed E-state index contributed by atoms with van der Waals surface area (Å²) in [5, 5.41) is 0. The van der Waals surface area contributed by atoms with Gasteiger partial charge in [-0.2, -0.15) is 0 Å². The summed E-state index contributed by atoms with van der Waals surface area (Å²) in [6.07, 6.45) is 1.07. The van der Waals surface area contributed by atoms with Gasteiger partial charge < -0.3 is 4.74 Å². The van der Waals surface area contributed by atoms with Gasteiger partial charge in [-0.3, -0.25) is 11.3 Å². The quantitative estimate of drug-likeness (QED) is 0.533. The fraction of sp³-hybridized carbons (Fsp3) is 0.455. The fourth-order valence-corrected chi connectivity index (χ4v) is 1.22. The van der Waals surface area contributed by atoms with Crippen molar-refractivity contribution >= 4 is 0 Å². The van der Waals surface area contributed by atoms with E-state index in [2.05, 4.69) is 12.3 Å². The molecule has 1 atom stereocenters.